The summed E-state index contributed by atoms with van der Waals surface area (Å²) in [5.74, 6) is 0. The summed E-state index contributed by atoms with van der Waals surface area (Å²) < 4.78 is 0. The Morgan fingerprint density at radius 3 is 2.24 bits per heavy atom. The molecule has 2 aromatic rings. The average molecular weight is 461 g/mol. The molecule has 0 aromatic heterocycles. The van der Waals surface area contributed by atoms with Crippen molar-refractivity contribution in [1.82, 2.24) is 4.90 Å². The highest BCUT2D eigenvalue weighted by Crippen LogP contribution is 2.25. The predicted octanol–water partition coefficient (Wildman–Crippen LogP) is 8.98. The molecule has 186 valence electrons. The lowest BCUT2D eigenvalue weighted by atomic mass is 9.94. The highest BCUT2D eigenvalue weighted by atomic mass is 15.1. The van der Waals surface area contributed by atoms with Gasteiger partial charge >= 0.3 is 0 Å². The van der Waals surface area contributed by atoms with E-state index in [1.54, 1.807) is 0 Å². The molecule has 2 nitrogen and oxygen atoms in total. The van der Waals surface area contributed by atoms with Crippen LogP contribution in [0.2, 0.25) is 0 Å². The topological polar surface area (TPSA) is 15.3 Å². The third kappa shape index (κ3) is 9.89. The fraction of sp³-hybridized carbons (Fsp3) is 0.500. The summed E-state index contributed by atoms with van der Waals surface area (Å²) >= 11 is 0. The van der Waals surface area contributed by atoms with Crippen molar-refractivity contribution >= 4 is 17.8 Å². The van der Waals surface area contributed by atoms with Crippen molar-refractivity contribution in [2.45, 2.75) is 90.1 Å². The number of nitrogens with zero attached hydrogens (tertiary/aromatic N) is 1. The van der Waals surface area contributed by atoms with Gasteiger partial charge in [-0.25, -0.2) is 0 Å². The van der Waals surface area contributed by atoms with E-state index in [-0.39, 0.29) is 0 Å². The van der Waals surface area contributed by atoms with Crippen molar-refractivity contribution in [3.05, 3.63) is 77.9 Å². The number of hydrogen-bond acceptors (Lipinski definition) is 2. The second-order valence-corrected chi connectivity index (χ2v) is 9.68. The van der Waals surface area contributed by atoms with Gasteiger partial charge in [0.15, 0.2) is 0 Å². The van der Waals surface area contributed by atoms with Crippen molar-refractivity contribution in [2.24, 2.45) is 0 Å². The highest BCUT2D eigenvalue weighted by Gasteiger charge is 2.18. The number of rotatable bonds is 12. The standard InChI is InChI=1S/C17H26N2.C15H22/c1-4-14-10-11-16(18-2)12-15(14)13-19(3)17-8-6-5-7-9-17;1-3-5-6-7-8-9-15-12-10-14(4-2)11-13-15/h4,10-12,17-18H,1,5-9,13H2,2-3H3;4,10-13H,2-3,5-9H2,1H3. The second-order valence-electron chi connectivity index (χ2n) is 9.68. The molecule has 0 radical (unpaired) electrons. The van der Waals surface area contributed by atoms with Crippen LogP contribution in [0.15, 0.2) is 55.6 Å². The first kappa shape index (κ1) is 27.9. The minimum Gasteiger partial charge on any atom is -0.388 e. The molecule has 1 aliphatic rings. The van der Waals surface area contributed by atoms with Crippen molar-refractivity contribution < 1.29 is 0 Å². The van der Waals surface area contributed by atoms with Crippen LogP contribution < -0.4 is 5.32 Å². The predicted molar refractivity (Wildman–Crippen MR) is 153 cm³/mol. The first-order valence-corrected chi connectivity index (χ1v) is 13.5. The van der Waals surface area contributed by atoms with Crippen molar-refractivity contribution in [2.75, 3.05) is 19.4 Å². The zero-order chi connectivity index (χ0) is 24.6. The van der Waals surface area contributed by atoms with Crippen LogP contribution in [0.5, 0.6) is 0 Å². The number of nitrogens with one attached hydrogen (secondary N) is 1. The number of aryl methyl sites for hydroxylation is 1. The smallest absolute Gasteiger partial charge is 0.0341 e. The van der Waals surface area contributed by atoms with Crippen molar-refractivity contribution in [1.29, 1.82) is 0 Å². The van der Waals surface area contributed by atoms with Gasteiger partial charge in [0, 0.05) is 25.3 Å². The second kappa shape index (κ2) is 16.3. The molecule has 34 heavy (non-hydrogen) atoms. The summed E-state index contributed by atoms with van der Waals surface area (Å²) in [6.07, 6.45) is 18.8. The van der Waals surface area contributed by atoms with Gasteiger partial charge in [-0.3, -0.25) is 4.90 Å². The van der Waals surface area contributed by atoms with Crippen LogP contribution in [0.25, 0.3) is 12.2 Å². The van der Waals surface area contributed by atoms with Crippen molar-refractivity contribution in [3.63, 3.8) is 0 Å². The monoisotopic (exact) mass is 460 g/mol. The molecule has 0 heterocycles. The van der Waals surface area contributed by atoms with Crippen LogP contribution in [0.4, 0.5) is 5.69 Å². The first-order valence-electron chi connectivity index (χ1n) is 13.5. The molecule has 0 unspecified atom stereocenters. The molecular weight excluding hydrogens is 412 g/mol. The summed E-state index contributed by atoms with van der Waals surface area (Å²) in [5.41, 5.74) is 6.47. The van der Waals surface area contributed by atoms with E-state index >= 15 is 0 Å². The van der Waals surface area contributed by atoms with Gasteiger partial charge in [0.1, 0.15) is 0 Å². The van der Waals surface area contributed by atoms with Crippen LogP contribution in [-0.4, -0.2) is 25.0 Å². The summed E-state index contributed by atoms with van der Waals surface area (Å²) in [6, 6.07) is 16.0. The molecule has 1 saturated carbocycles. The molecule has 0 amide bonds. The molecule has 0 saturated heterocycles. The molecule has 0 spiro atoms. The summed E-state index contributed by atoms with van der Waals surface area (Å²) in [5, 5.41) is 3.22. The van der Waals surface area contributed by atoms with Gasteiger partial charge in [0.2, 0.25) is 0 Å². The van der Waals surface area contributed by atoms with Gasteiger partial charge in [-0.2, -0.15) is 0 Å². The number of anilines is 1. The van der Waals surface area contributed by atoms with Crippen LogP contribution in [-0.2, 0) is 13.0 Å². The van der Waals surface area contributed by atoms with E-state index in [0.717, 1.165) is 12.6 Å². The molecule has 3 rings (SSSR count). The summed E-state index contributed by atoms with van der Waals surface area (Å²) in [4.78, 5) is 2.51. The molecule has 0 bridgehead atoms. The van der Waals surface area contributed by atoms with E-state index in [1.807, 2.05) is 19.2 Å². The third-order valence-corrected chi connectivity index (χ3v) is 7.05. The van der Waals surface area contributed by atoms with E-state index in [2.05, 4.69) is 79.8 Å². The maximum Gasteiger partial charge on any atom is 0.0341 e. The Hall–Kier alpha value is -2.32. The molecule has 1 N–H and O–H groups in total. The molecular formula is C32H48N2. The quantitative estimate of drug-likeness (QED) is 0.318. The normalized spacial score (nSPS) is 13.8. The van der Waals surface area contributed by atoms with E-state index in [0.29, 0.717) is 0 Å². The molecule has 0 atom stereocenters. The first-order chi connectivity index (χ1) is 16.6. The Kier molecular flexibility index (Phi) is 13.4. The van der Waals surface area contributed by atoms with Crippen LogP contribution in [0, 0.1) is 0 Å². The largest absolute Gasteiger partial charge is 0.388 e. The fourth-order valence-electron chi connectivity index (χ4n) is 4.77. The van der Waals surface area contributed by atoms with Gasteiger partial charge in [-0.15, -0.1) is 0 Å². The third-order valence-electron chi connectivity index (χ3n) is 7.05. The Morgan fingerprint density at radius 1 is 0.912 bits per heavy atom. The Labute approximate surface area is 210 Å². The number of benzene rings is 2. The van der Waals surface area contributed by atoms with Gasteiger partial charge < -0.3 is 5.32 Å². The van der Waals surface area contributed by atoms with E-state index in [9.17, 15) is 0 Å². The van der Waals surface area contributed by atoms with Crippen molar-refractivity contribution in [3.8, 4) is 0 Å². The molecule has 0 aliphatic heterocycles. The Morgan fingerprint density at radius 2 is 1.62 bits per heavy atom. The molecule has 2 aromatic carbocycles. The zero-order valence-corrected chi connectivity index (χ0v) is 22.1. The average Bonchev–Trinajstić information content (AvgIpc) is 2.89. The lowest BCUT2D eigenvalue weighted by molar-refractivity contribution is 0.184. The number of unbranched alkanes of at least 4 members (excludes halogenated alkanes) is 4. The SMILES string of the molecule is C=Cc1ccc(CCCCCCC)cc1.C=Cc1ccc(NC)cc1CN(C)C1CCCCC1. The number of hydrogen-bond donors (Lipinski definition) is 1. The summed E-state index contributed by atoms with van der Waals surface area (Å²) in [6.45, 7) is 11.0. The van der Waals surface area contributed by atoms with Crippen LogP contribution in [0.3, 0.4) is 0 Å². The van der Waals surface area contributed by atoms with Gasteiger partial charge in [-0.1, -0.05) is 108 Å². The van der Waals surface area contributed by atoms with Gasteiger partial charge in [0.05, 0.1) is 0 Å². The van der Waals surface area contributed by atoms with E-state index in [4.69, 9.17) is 0 Å². The van der Waals surface area contributed by atoms with E-state index < -0.39 is 0 Å². The minimum atomic E-state index is 0.754. The molecule has 2 heteroatoms. The van der Waals surface area contributed by atoms with E-state index in [1.165, 1.54) is 98.6 Å². The van der Waals surface area contributed by atoms with Crippen LogP contribution in [0.1, 0.15) is 93.4 Å². The lowest BCUT2D eigenvalue weighted by Gasteiger charge is -2.31. The Balaban J connectivity index is 0.000000248. The minimum absolute atomic E-state index is 0.754. The van der Waals surface area contributed by atoms with Crippen LogP contribution >= 0.6 is 0 Å². The fourth-order valence-corrected chi connectivity index (χ4v) is 4.77. The maximum atomic E-state index is 3.93. The van der Waals surface area contributed by atoms with Gasteiger partial charge in [0.25, 0.3) is 0 Å². The molecule has 1 aliphatic carbocycles. The summed E-state index contributed by atoms with van der Waals surface area (Å²) in [7, 11) is 4.23. The Bertz CT molecular complexity index is 831. The highest BCUT2D eigenvalue weighted by molar-refractivity contribution is 5.58. The maximum absolute atomic E-state index is 3.93. The molecule has 1 fully saturated rings. The zero-order valence-electron chi connectivity index (χ0n) is 22.1. The lowest BCUT2D eigenvalue weighted by Crippen LogP contribution is -2.33. The van der Waals surface area contributed by atoms with Gasteiger partial charge in [-0.05, 0) is 67.1 Å².